The molecule has 0 radical (unpaired) electrons. The summed E-state index contributed by atoms with van der Waals surface area (Å²) < 4.78 is 5.65. The number of aryl methyl sites for hydroxylation is 1. The standard InChI is InChI=1S/C20H18N4O4/c25-17(22-9-3-5-14-4-1-2-8-21-14)13-7-6-12-10-15-18(26)23-20(27)24-19(15)28-16(12)11-13/h1-2,4,6-8,11H,3,5,9-10H2,(H,22,25)(H2,23,24,26,27). The van der Waals surface area contributed by atoms with E-state index in [1.54, 1.807) is 24.4 Å². The van der Waals surface area contributed by atoms with Gasteiger partial charge in [0, 0.05) is 30.4 Å². The van der Waals surface area contributed by atoms with Crippen LogP contribution < -0.4 is 21.3 Å². The van der Waals surface area contributed by atoms with Gasteiger partial charge in [0.15, 0.2) is 0 Å². The van der Waals surface area contributed by atoms with Crippen LogP contribution in [0.3, 0.4) is 0 Å². The summed E-state index contributed by atoms with van der Waals surface area (Å²) in [5.41, 5.74) is 1.47. The average molecular weight is 378 g/mol. The highest BCUT2D eigenvalue weighted by Gasteiger charge is 2.22. The molecule has 0 saturated heterocycles. The summed E-state index contributed by atoms with van der Waals surface area (Å²) in [7, 11) is 0. The minimum atomic E-state index is -0.631. The lowest BCUT2D eigenvalue weighted by atomic mass is 10.0. The van der Waals surface area contributed by atoms with Crippen molar-refractivity contribution in [1.82, 2.24) is 20.3 Å². The van der Waals surface area contributed by atoms with Gasteiger partial charge in [-0.05, 0) is 42.7 Å². The Labute approximate surface area is 159 Å². The molecule has 0 unspecified atom stereocenters. The minimum absolute atomic E-state index is 0.120. The number of amides is 1. The second-order valence-electron chi connectivity index (χ2n) is 6.50. The highest BCUT2D eigenvalue weighted by Crippen LogP contribution is 2.33. The molecule has 0 spiro atoms. The quantitative estimate of drug-likeness (QED) is 0.455. The largest absolute Gasteiger partial charge is 0.440 e. The Bertz CT molecular complexity index is 1130. The maximum Gasteiger partial charge on any atom is 0.328 e. The van der Waals surface area contributed by atoms with Crippen molar-refractivity contribution < 1.29 is 9.53 Å². The fourth-order valence-corrected chi connectivity index (χ4v) is 3.10. The number of aromatic nitrogens is 3. The van der Waals surface area contributed by atoms with Crippen LogP contribution in [0.2, 0.25) is 0 Å². The zero-order chi connectivity index (χ0) is 19.5. The molecule has 3 N–H and O–H groups in total. The van der Waals surface area contributed by atoms with E-state index in [0.29, 0.717) is 29.8 Å². The van der Waals surface area contributed by atoms with E-state index in [2.05, 4.69) is 20.3 Å². The Morgan fingerprint density at radius 3 is 2.89 bits per heavy atom. The Morgan fingerprint density at radius 2 is 2.07 bits per heavy atom. The topological polar surface area (TPSA) is 117 Å². The van der Waals surface area contributed by atoms with Crippen molar-refractivity contribution >= 4 is 5.91 Å². The van der Waals surface area contributed by atoms with E-state index in [1.165, 1.54) is 0 Å². The highest BCUT2D eigenvalue weighted by molar-refractivity contribution is 5.94. The molecule has 3 aromatic rings. The van der Waals surface area contributed by atoms with Gasteiger partial charge in [-0.1, -0.05) is 12.1 Å². The summed E-state index contributed by atoms with van der Waals surface area (Å²) in [6.07, 6.45) is 3.64. The van der Waals surface area contributed by atoms with Gasteiger partial charge < -0.3 is 10.1 Å². The first-order valence-corrected chi connectivity index (χ1v) is 8.94. The van der Waals surface area contributed by atoms with Crippen molar-refractivity contribution in [3.05, 3.63) is 85.8 Å². The van der Waals surface area contributed by atoms with Gasteiger partial charge in [-0.2, -0.15) is 0 Å². The maximum absolute atomic E-state index is 12.4. The van der Waals surface area contributed by atoms with Crippen molar-refractivity contribution in [2.24, 2.45) is 0 Å². The van der Waals surface area contributed by atoms with E-state index in [4.69, 9.17) is 4.74 Å². The number of pyridine rings is 1. The number of rotatable bonds is 5. The first-order chi connectivity index (χ1) is 13.6. The molecule has 0 atom stereocenters. The van der Waals surface area contributed by atoms with Gasteiger partial charge in [0.2, 0.25) is 5.88 Å². The lowest BCUT2D eigenvalue weighted by Crippen LogP contribution is -2.28. The van der Waals surface area contributed by atoms with Crippen molar-refractivity contribution in [1.29, 1.82) is 0 Å². The fraction of sp³-hybridized carbons (Fsp3) is 0.200. The Hall–Kier alpha value is -3.68. The maximum atomic E-state index is 12.4. The first kappa shape index (κ1) is 17.7. The molecular formula is C20H18N4O4. The molecular weight excluding hydrogens is 360 g/mol. The van der Waals surface area contributed by atoms with Gasteiger partial charge in [0.05, 0.1) is 5.56 Å². The smallest absolute Gasteiger partial charge is 0.328 e. The molecule has 8 nitrogen and oxygen atoms in total. The average Bonchev–Trinajstić information content (AvgIpc) is 2.70. The van der Waals surface area contributed by atoms with Crippen molar-refractivity contribution in [3.8, 4) is 11.6 Å². The van der Waals surface area contributed by atoms with E-state index in [0.717, 1.165) is 24.1 Å². The Kier molecular flexibility index (Phi) is 4.76. The van der Waals surface area contributed by atoms with E-state index >= 15 is 0 Å². The molecule has 1 amide bonds. The van der Waals surface area contributed by atoms with Crippen molar-refractivity contribution in [2.75, 3.05) is 6.54 Å². The molecule has 2 aromatic heterocycles. The van der Waals surface area contributed by atoms with E-state index in [9.17, 15) is 14.4 Å². The second-order valence-corrected chi connectivity index (χ2v) is 6.50. The number of benzene rings is 1. The molecule has 1 aromatic carbocycles. The Morgan fingerprint density at radius 1 is 1.18 bits per heavy atom. The summed E-state index contributed by atoms with van der Waals surface area (Å²) in [6.45, 7) is 0.527. The number of carbonyl (C=O) groups excluding carboxylic acids is 1. The number of fused-ring (bicyclic) bond motifs is 2. The predicted octanol–water partition coefficient (Wildman–Crippen LogP) is 1.52. The molecule has 0 aliphatic carbocycles. The fourth-order valence-electron chi connectivity index (χ4n) is 3.10. The summed E-state index contributed by atoms with van der Waals surface area (Å²) in [4.78, 5) is 44.6. The molecule has 0 bridgehead atoms. The number of carbonyl (C=O) groups is 1. The highest BCUT2D eigenvalue weighted by atomic mass is 16.5. The zero-order valence-corrected chi connectivity index (χ0v) is 15.0. The lowest BCUT2D eigenvalue weighted by Gasteiger charge is -2.19. The third-order valence-electron chi connectivity index (χ3n) is 4.53. The molecule has 28 heavy (non-hydrogen) atoms. The van der Waals surface area contributed by atoms with Crippen molar-refractivity contribution in [2.45, 2.75) is 19.3 Å². The second kappa shape index (κ2) is 7.51. The molecule has 0 saturated carbocycles. The van der Waals surface area contributed by atoms with E-state index < -0.39 is 11.2 Å². The van der Waals surface area contributed by atoms with Gasteiger partial charge in [-0.25, -0.2) is 4.79 Å². The summed E-state index contributed by atoms with van der Waals surface area (Å²) in [5.74, 6) is 0.363. The van der Waals surface area contributed by atoms with Crippen LogP contribution in [-0.2, 0) is 12.8 Å². The molecule has 0 fully saturated rings. The number of hydrogen-bond acceptors (Lipinski definition) is 5. The minimum Gasteiger partial charge on any atom is -0.440 e. The van der Waals surface area contributed by atoms with Gasteiger partial charge >= 0.3 is 5.69 Å². The normalized spacial score (nSPS) is 11.9. The lowest BCUT2D eigenvalue weighted by molar-refractivity contribution is 0.0953. The van der Waals surface area contributed by atoms with Crippen LogP contribution >= 0.6 is 0 Å². The Balaban J connectivity index is 1.41. The molecule has 1 aliphatic rings. The third kappa shape index (κ3) is 3.71. The molecule has 3 heterocycles. The van der Waals surface area contributed by atoms with Gasteiger partial charge in [0.1, 0.15) is 5.75 Å². The number of ether oxygens (including phenoxy) is 1. The predicted molar refractivity (Wildman–Crippen MR) is 102 cm³/mol. The van der Waals surface area contributed by atoms with Crippen LogP contribution in [0, 0.1) is 0 Å². The van der Waals surface area contributed by atoms with Gasteiger partial charge in [-0.15, -0.1) is 0 Å². The SMILES string of the molecule is O=C(NCCCc1ccccn1)c1ccc2c(c1)Oc1[nH]c(=O)[nH]c(=O)c1C2. The molecule has 8 heteroatoms. The van der Waals surface area contributed by atoms with Crippen LogP contribution in [0.1, 0.15) is 33.6 Å². The van der Waals surface area contributed by atoms with Crippen LogP contribution in [0.15, 0.2) is 52.2 Å². The van der Waals surface area contributed by atoms with Crippen LogP contribution in [0.4, 0.5) is 0 Å². The van der Waals surface area contributed by atoms with E-state index in [-0.39, 0.29) is 11.8 Å². The summed E-state index contributed by atoms with van der Waals surface area (Å²) in [5, 5.41) is 2.88. The van der Waals surface area contributed by atoms with Crippen molar-refractivity contribution in [3.63, 3.8) is 0 Å². The van der Waals surface area contributed by atoms with Crippen LogP contribution in [-0.4, -0.2) is 27.4 Å². The van der Waals surface area contributed by atoms with Crippen LogP contribution in [0.5, 0.6) is 11.6 Å². The monoisotopic (exact) mass is 378 g/mol. The molecule has 142 valence electrons. The van der Waals surface area contributed by atoms with Gasteiger partial charge in [0.25, 0.3) is 11.5 Å². The number of nitrogens with zero attached hydrogens (tertiary/aromatic N) is 1. The van der Waals surface area contributed by atoms with Gasteiger partial charge in [-0.3, -0.25) is 24.5 Å². The number of nitrogens with one attached hydrogen (secondary N) is 3. The summed E-state index contributed by atoms with van der Waals surface area (Å²) in [6, 6.07) is 10.8. The van der Waals surface area contributed by atoms with E-state index in [1.807, 2.05) is 18.2 Å². The zero-order valence-electron chi connectivity index (χ0n) is 15.0. The number of aromatic amines is 2. The molecule has 4 rings (SSSR count). The van der Waals surface area contributed by atoms with Crippen LogP contribution in [0.25, 0.3) is 0 Å². The number of H-pyrrole nitrogens is 2. The summed E-state index contributed by atoms with van der Waals surface area (Å²) >= 11 is 0. The number of hydrogen-bond donors (Lipinski definition) is 3. The first-order valence-electron chi connectivity index (χ1n) is 8.94. The molecule has 1 aliphatic heterocycles. The third-order valence-corrected chi connectivity index (χ3v) is 4.53.